The SMILES string of the molecule is CCCCCCCCOc1ccc(NC(=O)[C@](C)(CO)NC(=O)OC(C)(C)C)cc1. The molecule has 0 saturated carbocycles. The van der Waals surface area contributed by atoms with Crippen molar-refractivity contribution in [3.63, 3.8) is 0 Å². The number of anilines is 1. The number of hydrogen-bond donors (Lipinski definition) is 3. The molecule has 0 unspecified atom stereocenters. The molecule has 1 atom stereocenters. The third-order valence-electron chi connectivity index (χ3n) is 4.47. The van der Waals surface area contributed by atoms with Crippen molar-refractivity contribution in [3.05, 3.63) is 24.3 Å². The number of carbonyl (C=O) groups is 2. The van der Waals surface area contributed by atoms with Crippen LogP contribution in [0.15, 0.2) is 24.3 Å². The molecule has 0 fully saturated rings. The van der Waals surface area contributed by atoms with Crippen molar-refractivity contribution >= 4 is 17.7 Å². The molecule has 1 rings (SSSR count). The van der Waals surface area contributed by atoms with E-state index >= 15 is 0 Å². The topological polar surface area (TPSA) is 96.9 Å². The van der Waals surface area contributed by atoms with Crippen LogP contribution in [-0.2, 0) is 9.53 Å². The van der Waals surface area contributed by atoms with Crippen LogP contribution in [0.5, 0.6) is 5.75 Å². The van der Waals surface area contributed by atoms with Gasteiger partial charge in [-0.25, -0.2) is 4.79 Å². The van der Waals surface area contributed by atoms with E-state index < -0.39 is 29.7 Å². The summed E-state index contributed by atoms with van der Waals surface area (Å²) < 4.78 is 10.9. The summed E-state index contributed by atoms with van der Waals surface area (Å²) in [5.74, 6) is 0.190. The van der Waals surface area contributed by atoms with Crippen LogP contribution in [0.1, 0.15) is 73.1 Å². The monoisotopic (exact) mass is 422 g/mol. The van der Waals surface area contributed by atoms with E-state index in [2.05, 4.69) is 17.6 Å². The van der Waals surface area contributed by atoms with Crippen LogP contribution in [0, 0.1) is 0 Å². The maximum atomic E-state index is 12.6. The zero-order valence-corrected chi connectivity index (χ0v) is 19.0. The predicted molar refractivity (Wildman–Crippen MR) is 119 cm³/mol. The molecule has 0 saturated heterocycles. The van der Waals surface area contributed by atoms with Gasteiger partial charge in [-0.3, -0.25) is 4.79 Å². The number of aliphatic hydroxyl groups is 1. The predicted octanol–water partition coefficient (Wildman–Crippen LogP) is 4.64. The van der Waals surface area contributed by atoms with E-state index in [4.69, 9.17) is 9.47 Å². The third-order valence-corrected chi connectivity index (χ3v) is 4.47. The summed E-state index contributed by atoms with van der Waals surface area (Å²) in [6.07, 6.45) is 6.47. The van der Waals surface area contributed by atoms with Gasteiger partial charge in [0.05, 0.1) is 13.2 Å². The van der Waals surface area contributed by atoms with Crippen LogP contribution in [0.2, 0.25) is 0 Å². The summed E-state index contributed by atoms with van der Waals surface area (Å²) >= 11 is 0. The first-order valence-electron chi connectivity index (χ1n) is 10.8. The molecule has 0 aromatic heterocycles. The fourth-order valence-corrected chi connectivity index (χ4v) is 2.67. The summed E-state index contributed by atoms with van der Waals surface area (Å²) in [5, 5.41) is 14.8. The van der Waals surface area contributed by atoms with Crippen molar-refractivity contribution in [3.8, 4) is 5.75 Å². The minimum atomic E-state index is -1.52. The lowest BCUT2D eigenvalue weighted by Crippen LogP contribution is -2.58. The molecule has 0 aliphatic carbocycles. The third kappa shape index (κ3) is 9.96. The first-order chi connectivity index (χ1) is 14.1. The van der Waals surface area contributed by atoms with Gasteiger partial charge in [-0.05, 0) is 58.4 Å². The number of alkyl carbamates (subject to hydrolysis) is 1. The molecule has 1 aromatic rings. The van der Waals surface area contributed by atoms with E-state index in [1.807, 2.05) is 0 Å². The average molecular weight is 423 g/mol. The van der Waals surface area contributed by atoms with Crippen LogP contribution in [0.25, 0.3) is 0 Å². The Balaban J connectivity index is 2.50. The van der Waals surface area contributed by atoms with Gasteiger partial charge in [0.1, 0.15) is 16.9 Å². The Morgan fingerprint density at radius 1 is 0.967 bits per heavy atom. The molecule has 3 N–H and O–H groups in total. The normalized spacial score (nSPS) is 13.3. The van der Waals surface area contributed by atoms with Gasteiger partial charge in [0.25, 0.3) is 5.91 Å². The highest BCUT2D eigenvalue weighted by molar-refractivity contribution is 5.99. The number of amides is 2. The van der Waals surface area contributed by atoms with Gasteiger partial charge in [-0.2, -0.15) is 0 Å². The number of ether oxygens (including phenoxy) is 2. The van der Waals surface area contributed by atoms with Gasteiger partial charge >= 0.3 is 6.09 Å². The van der Waals surface area contributed by atoms with Gasteiger partial charge in [-0.1, -0.05) is 39.0 Å². The number of hydrogen-bond acceptors (Lipinski definition) is 5. The number of unbranched alkanes of at least 4 members (excludes halogenated alkanes) is 5. The molecular formula is C23H38N2O5. The highest BCUT2D eigenvalue weighted by Gasteiger charge is 2.36. The van der Waals surface area contributed by atoms with E-state index in [-0.39, 0.29) is 0 Å². The molecule has 0 spiro atoms. The summed E-state index contributed by atoms with van der Waals surface area (Å²) in [6, 6.07) is 7.01. The largest absolute Gasteiger partial charge is 0.494 e. The Bertz CT molecular complexity index is 655. The lowest BCUT2D eigenvalue weighted by atomic mass is 10.0. The van der Waals surface area contributed by atoms with E-state index in [0.29, 0.717) is 12.3 Å². The highest BCUT2D eigenvalue weighted by Crippen LogP contribution is 2.18. The summed E-state index contributed by atoms with van der Waals surface area (Å²) in [6.45, 7) is 8.90. The van der Waals surface area contributed by atoms with Crippen molar-refractivity contribution in [2.45, 2.75) is 84.3 Å². The maximum Gasteiger partial charge on any atom is 0.408 e. The van der Waals surface area contributed by atoms with E-state index in [9.17, 15) is 14.7 Å². The van der Waals surface area contributed by atoms with Crippen LogP contribution in [0.3, 0.4) is 0 Å². The molecular weight excluding hydrogens is 384 g/mol. The van der Waals surface area contributed by atoms with Crippen LogP contribution < -0.4 is 15.4 Å². The van der Waals surface area contributed by atoms with Crippen molar-refractivity contribution in [1.29, 1.82) is 0 Å². The molecule has 170 valence electrons. The minimum absolute atomic E-state index is 0.539. The van der Waals surface area contributed by atoms with E-state index in [1.54, 1.807) is 45.0 Å². The summed E-state index contributed by atoms with van der Waals surface area (Å²) in [7, 11) is 0. The minimum Gasteiger partial charge on any atom is -0.494 e. The zero-order chi connectivity index (χ0) is 22.6. The Hall–Kier alpha value is -2.28. The van der Waals surface area contributed by atoms with E-state index in [1.165, 1.54) is 39.0 Å². The molecule has 0 aliphatic heterocycles. The van der Waals surface area contributed by atoms with Gasteiger partial charge in [-0.15, -0.1) is 0 Å². The number of carbonyl (C=O) groups excluding carboxylic acids is 2. The van der Waals surface area contributed by atoms with Gasteiger partial charge in [0.2, 0.25) is 0 Å². The Labute approximate surface area is 180 Å². The summed E-state index contributed by atoms with van der Waals surface area (Å²) in [5.41, 5.74) is -1.69. The van der Waals surface area contributed by atoms with Crippen molar-refractivity contribution in [2.24, 2.45) is 0 Å². The molecule has 0 heterocycles. The Kier molecular flexibility index (Phi) is 10.7. The zero-order valence-electron chi connectivity index (χ0n) is 19.0. The number of aliphatic hydroxyl groups excluding tert-OH is 1. The van der Waals surface area contributed by atoms with Crippen molar-refractivity contribution in [1.82, 2.24) is 5.32 Å². The molecule has 0 aliphatic rings. The second-order valence-electron chi connectivity index (χ2n) is 8.71. The number of rotatable bonds is 12. The summed E-state index contributed by atoms with van der Waals surface area (Å²) in [4.78, 5) is 24.6. The second-order valence-corrected chi connectivity index (χ2v) is 8.71. The Morgan fingerprint density at radius 3 is 2.13 bits per heavy atom. The quantitative estimate of drug-likeness (QED) is 0.426. The molecule has 7 heteroatoms. The van der Waals surface area contributed by atoms with Gasteiger partial charge in [0.15, 0.2) is 0 Å². The van der Waals surface area contributed by atoms with Gasteiger partial charge < -0.3 is 25.2 Å². The van der Waals surface area contributed by atoms with Gasteiger partial charge in [0, 0.05) is 5.69 Å². The first-order valence-corrected chi connectivity index (χ1v) is 10.8. The lowest BCUT2D eigenvalue weighted by Gasteiger charge is -2.29. The fraction of sp³-hybridized carbons (Fsp3) is 0.652. The molecule has 0 radical (unpaired) electrons. The van der Waals surface area contributed by atoms with E-state index in [0.717, 1.165) is 12.2 Å². The van der Waals surface area contributed by atoms with Crippen molar-refractivity contribution in [2.75, 3.05) is 18.5 Å². The van der Waals surface area contributed by atoms with Crippen LogP contribution >= 0.6 is 0 Å². The molecule has 0 bridgehead atoms. The lowest BCUT2D eigenvalue weighted by molar-refractivity contribution is -0.123. The smallest absolute Gasteiger partial charge is 0.408 e. The fourth-order valence-electron chi connectivity index (χ4n) is 2.67. The first kappa shape index (κ1) is 25.8. The van der Waals surface area contributed by atoms with Crippen LogP contribution in [0.4, 0.5) is 10.5 Å². The average Bonchev–Trinajstić information content (AvgIpc) is 2.66. The highest BCUT2D eigenvalue weighted by atomic mass is 16.6. The maximum absolute atomic E-state index is 12.6. The molecule has 1 aromatic carbocycles. The Morgan fingerprint density at radius 2 is 1.57 bits per heavy atom. The molecule has 2 amide bonds. The standard InChI is InChI=1S/C23H38N2O5/c1-6-7-8-9-10-11-16-29-19-14-12-18(13-15-19)24-20(27)23(5,17-26)25-21(28)30-22(2,3)4/h12-15,26H,6-11,16-17H2,1-5H3,(H,24,27)(H,25,28)/t23-/m0/s1. The van der Waals surface area contributed by atoms with Crippen LogP contribution in [-0.4, -0.2) is 41.5 Å². The second kappa shape index (κ2) is 12.4. The number of benzene rings is 1. The number of nitrogens with one attached hydrogen (secondary N) is 2. The van der Waals surface area contributed by atoms with Crippen molar-refractivity contribution < 1.29 is 24.2 Å². The molecule has 30 heavy (non-hydrogen) atoms. The molecule has 7 nitrogen and oxygen atoms in total.